The van der Waals surface area contributed by atoms with Gasteiger partial charge in [-0.1, -0.05) is 0 Å². The lowest BCUT2D eigenvalue weighted by Crippen LogP contribution is -2.67. The third-order valence-corrected chi connectivity index (χ3v) is 12.4. The van der Waals surface area contributed by atoms with E-state index in [4.69, 9.17) is 0 Å². The lowest BCUT2D eigenvalue weighted by molar-refractivity contribution is -0.140. The summed E-state index contributed by atoms with van der Waals surface area (Å²) in [5, 5.41) is 0. The minimum atomic E-state index is -2.71. The molecule has 7 rings (SSSR count). The number of hydrogen-bond donors (Lipinski definition) is 0. The number of nitrogens with zero attached hydrogens (tertiary/aromatic N) is 3. The Bertz CT molecular complexity index is 1890. The molecule has 0 radical (unpaired) electrons. The van der Waals surface area contributed by atoms with Crippen LogP contribution in [0.4, 0.5) is 65.9 Å². The lowest BCUT2D eigenvalue weighted by atomic mass is 9.89. The third kappa shape index (κ3) is 7.00. The molecule has 0 atom stereocenters. The summed E-state index contributed by atoms with van der Waals surface area (Å²) in [6, 6.07) is 0. The third-order valence-electron chi connectivity index (χ3n) is 9.35. The van der Waals surface area contributed by atoms with Gasteiger partial charge in [-0.2, -0.15) is 0 Å². The first-order valence-corrected chi connectivity index (χ1v) is 19.1. The average molecular weight is 1140 g/mol. The van der Waals surface area contributed by atoms with Crippen molar-refractivity contribution in [2.24, 2.45) is 0 Å². The molecule has 3 nitrogen and oxygen atoms in total. The van der Waals surface area contributed by atoms with Crippen LogP contribution >= 0.6 is 67.8 Å². The molecule has 3 fully saturated rings. The Morgan fingerprint density at radius 1 is 0.273 bits per heavy atom. The SMILES string of the molecule is C1CN2CCCN3CCCN(C1)C23.Fc1c(F)c(F)c(-c2c(F)c(-c3c(F)c(F)c(F)c(F)c3I)c(F)c(-c3c(F)c(F)c(F)c(F)c3I)c2F)c(I)c1F. The van der Waals surface area contributed by atoms with Crippen LogP contribution in [0, 0.1) is 98.0 Å². The van der Waals surface area contributed by atoms with E-state index >= 15 is 13.2 Å². The number of rotatable bonds is 3. The molecule has 4 aromatic carbocycles. The highest BCUT2D eigenvalue weighted by molar-refractivity contribution is 14.1. The molecule has 3 aliphatic heterocycles. The Balaban J connectivity index is 0.000000327. The van der Waals surface area contributed by atoms with Crippen molar-refractivity contribution >= 4 is 67.8 Å². The fraction of sp³-hybridized carbons (Fsp3) is 0.294. The quantitative estimate of drug-likeness (QED) is 0.0876. The first-order chi connectivity index (χ1) is 25.8. The predicted molar refractivity (Wildman–Crippen MR) is 193 cm³/mol. The minimum Gasteiger partial charge on any atom is -0.275 e. The summed E-state index contributed by atoms with van der Waals surface area (Å²) in [6.45, 7) is 7.99. The highest BCUT2D eigenvalue weighted by Gasteiger charge is 2.40. The van der Waals surface area contributed by atoms with Gasteiger partial charge in [0, 0.05) is 56.0 Å². The van der Waals surface area contributed by atoms with Crippen LogP contribution in [0.2, 0.25) is 0 Å². The predicted octanol–water partition coefficient (Wildman–Crippen LogP) is 11.0. The molecule has 296 valence electrons. The fourth-order valence-electron chi connectivity index (χ4n) is 6.95. The highest BCUT2D eigenvalue weighted by Crippen LogP contribution is 2.48. The molecular formula is C34H19F15I3N3. The van der Waals surface area contributed by atoms with Crippen molar-refractivity contribution in [3.05, 3.63) is 98.0 Å². The van der Waals surface area contributed by atoms with Gasteiger partial charge in [0.2, 0.25) is 0 Å². The van der Waals surface area contributed by atoms with Gasteiger partial charge in [0.1, 0.15) is 23.7 Å². The summed E-state index contributed by atoms with van der Waals surface area (Å²) in [5.74, 6) is -38.2. The molecule has 0 bridgehead atoms. The van der Waals surface area contributed by atoms with Crippen molar-refractivity contribution in [2.45, 2.75) is 25.6 Å². The smallest absolute Gasteiger partial charge is 0.198 e. The topological polar surface area (TPSA) is 9.72 Å². The molecule has 4 aromatic rings. The van der Waals surface area contributed by atoms with E-state index in [1.54, 1.807) is 0 Å². The van der Waals surface area contributed by atoms with Crippen LogP contribution < -0.4 is 0 Å². The van der Waals surface area contributed by atoms with Gasteiger partial charge in [-0.05, 0) is 87.0 Å². The normalized spacial score (nSPS) is 16.7. The highest BCUT2D eigenvalue weighted by atomic mass is 127. The summed E-state index contributed by atoms with van der Waals surface area (Å²) in [5.41, 5.74) is -12.4. The first-order valence-electron chi connectivity index (χ1n) is 15.8. The van der Waals surface area contributed by atoms with Gasteiger partial charge in [-0.15, -0.1) is 0 Å². The summed E-state index contributed by atoms with van der Waals surface area (Å²) in [6.07, 6.45) is 4.83. The summed E-state index contributed by atoms with van der Waals surface area (Å²) < 4.78 is 215. The van der Waals surface area contributed by atoms with Crippen LogP contribution in [0.5, 0.6) is 0 Å². The van der Waals surface area contributed by atoms with Gasteiger partial charge in [0.05, 0.1) is 27.4 Å². The van der Waals surface area contributed by atoms with Crippen molar-refractivity contribution in [3.8, 4) is 33.4 Å². The second-order valence-electron chi connectivity index (χ2n) is 12.4. The Kier molecular flexibility index (Phi) is 12.6. The Hall–Kier alpha value is -2.10. The average Bonchev–Trinajstić information content (AvgIpc) is 3.17. The maximum atomic E-state index is 15.9. The van der Waals surface area contributed by atoms with Crippen molar-refractivity contribution < 1.29 is 65.9 Å². The molecule has 0 unspecified atom stereocenters. The Morgan fingerprint density at radius 3 is 0.691 bits per heavy atom. The van der Waals surface area contributed by atoms with E-state index < -0.39 is 131 Å². The van der Waals surface area contributed by atoms with E-state index in [0.29, 0.717) is 74.1 Å². The summed E-state index contributed by atoms with van der Waals surface area (Å²) in [4.78, 5) is 8.02. The van der Waals surface area contributed by atoms with Crippen LogP contribution in [-0.4, -0.2) is 60.3 Å². The van der Waals surface area contributed by atoms with Gasteiger partial charge in [-0.3, -0.25) is 14.7 Å². The zero-order chi connectivity index (χ0) is 40.5. The molecule has 0 spiro atoms. The second kappa shape index (κ2) is 16.3. The maximum absolute atomic E-state index is 15.9. The van der Waals surface area contributed by atoms with Gasteiger partial charge >= 0.3 is 0 Å². The Morgan fingerprint density at radius 2 is 0.473 bits per heavy atom. The van der Waals surface area contributed by atoms with E-state index in [-0.39, 0.29) is 0 Å². The molecule has 21 heteroatoms. The standard InChI is InChI=1S/C24F15I3.C10H19N3/c25-7-1(4-10(28)13(31)16(34)19(37)22(4)40)8(26)3(6-12(30)15(33)18(36)21(39)24(6)42)9(27)2(7)5-11(29)14(32)17(35)20(38)23(5)41;1-4-11-6-2-8-13-9-3-7-12(5-1)10(11)13/h;10H,1-9H2. The molecule has 0 N–H and O–H groups in total. The van der Waals surface area contributed by atoms with Crippen LogP contribution in [0.25, 0.3) is 33.4 Å². The molecule has 3 aliphatic rings. The van der Waals surface area contributed by atoms with Gasteiger partial charge in [0.25, 0.3) is 0 Å². The maximum Gasteiger partial charge on any atom is 0.198 e. The molecule has 3 heterocycles. The van der Waals surface area contributed by atoms with Crippen molar-refractivity contribution in [3.63, 3.8) is 0 Å². The zero-order valence-electron chi connectivity index (χ0n) is 27.1. The van der Waals surface area contributed by atoms with Gasteiger partial charge in [-0.25, -0.2) is 65.9 Å². The summed E-state index contributed by atoms with van der Waals surface area (Å²) in [7, 11) is 0. The fourth-order valence-corrected chi connectivity index (χ4v) is 9.18. The Labute approximate surface area is 342 Å². The van der Waals surface area contributed by atoms with Crippen LogP contribution in [0.1, 0.15) is 19.3 Å². The molecule has 0 amide bonds. The van der Waals surface area contributed by atoms with E-state index in [9.17, 15) is 52.7 Å². The van der Waals surface area contributed by atoms with Crippen LogP contribution in [0.15, 0.2) is 0 Å². The zero-order valence-corrected chi connectivity index (χ0v) is 33.6. The van der Waals surface area contributed by atoms with Gasteiger partial charge in [0.15, 0.2) is 69.8 Å². The minimum absolute atomic E-state index is 0.689. The van der Waals surface area contributed by atoms with E-state index in [1.807, 2.05) is 0 Å². The number of halogens is 18. The van der Waals surface area contributed by atoms with Gasteiger partial charge < -0.3 is 0 Å². The van der Waals surface area contributed by atoms with Crippen molar-refractivity contribution in [2.75, 3.05) is 39.3 Å². The summed E-state index contributed by atoms with van der Waals surface area (Å²) >= 11 is 2.07. The van der Waals surface area contributed by atoms with Crippen LogP contribution in [0.3, 0.4) is 0 Å². The molecule has 0 aliphatic carbocycles. The van der Waals surface area contributed by atoms with Crippen LogP contribution in [-0.2, 0) is 0 Å². The van der Waals surface area contributed by atoms with E-state index in [0.717, 1.165) is 0 Å². The van der Waals surface area contributed by atoms with E-state index in [2.05, 4.69) is 14.7 Å². The van der Waals surface area contributed by atoms with Crippen molar-refractivity contribution in [1.29, 1.82) is 0 Å². The van der Waals surface area contributed by atoms with E-state index in [1.165, 1.54) is 58.5 Å². The lowest BCUT2D eigenvalue weighted by Gasteiger charge is -2.54. The second-order valence-corrected chi connectivity index (χ2v) is 15.7. The number of hydrogen-bond acceptors (Lipinski definition) is 3. The monoisotopic (exact) mass is 1130 g/mol. The molecule has 0 saturated carbocycles. The first kappa shape index (κ1) is 42.5. The molecular weight excluding hydrogens is 1120 g/mol. The largest absolute Gasteiger partial charge is 0.275 e. The number of benzene rings is 4. The molecule has 55 heavy (non-hydrogen) atoms. The van der Waals surface area contributed by atoms with Crippen molar-refractivity contribution in [1.82, 2.24) is 14.7 Å². The molecule has 3 saturated heterocycles. The molecule has 0 aromatic heterocycles.